The van der Waals surface area contributed by atoms with E-state index in [4.69, 9.17) is 0 Å². The van der Waals surface area contributed by atoms with Gasteiger partial charge in [-0.05, 0) is 6.07 Å². The van der Waals surface area contributed by atoms with Gasteiger partial charge >= 0.3 is 6.18 Å². The quantitative estimate of drug-likeness (QED) is 0.837. The Hall–Kier alpha value is -1.50. The minimum atomic E-state index is -4.66. The van der Waals surface area contributed by atoms with Crippen molar-refractivity contribution in [3.05, 3.63) is 40.8 Å². The maximum absolute atomic E-state index is 12.6. The van der Waals surface area contributed by atoms with Crippen molar-refractivity contribution in [2.75, 3.05) is 6.26 Å². The summed E-state index contributed by atoms with van der Waals surface area (Å²) in [5.41, 5.74) is -1.65. The molecule has 0 bridgehead atoms. The molecule has 1 aromatic rings. The normalized spacial score (nSPS) is 13.8. The highest BCUT2D eigenvalue weighted by Crippen LogP contribution is 2.34. The minimum Gasteiger partial charge on any atom is -0.507 e. The maximum Gasteiger partial charge on any atom is 0.417 e. The molecule has 3 nitrogen and oxygen atoms in total. The standard InChI is InChI=1S/C10H9F3O3S/c1-17(15,16)6-9(14)7-4-2-3-5-8(7)10(11,12)13/h2-6,14H,1H3/b9-6-. The molecule has 0 radical (unpaired) electrons. The first-order valence-electron chi connectivity index (χ1n) is 4.38. The lowest BCUT2D eigenvalue weighted by Crippen LogP contribution is -2.09. The third-order valence-corrected chi connectivity index (χ3v) is 2.49. The molecule has 0 saturated heterocycles. The van der Waals surface area contributed by atoms with Crippen LogP contribution in [-0.2, 0) is 16.0 Å². The van der Waals surface area contributed by atoms with E-state index in [9.17, 15) is 26.7 Å². The number of halogens is 3. The van der Waals surface area contributed by atoms with E-state index in [2.05, 4.69) is 0 Å². The molecule has 0 aliphatic rings. The molecule has 0 aliphatic carbocycles. The second-order valence-corrected chi connectivity index (χ2v) is 5.27. The second-order valence-electron chi connectivity index (χ2n) is 3.38. The van der Waals surface area contributed by atoms with Gasteiger partial charge in [-0.2, -0.15) is 13.2 Å². The second kappa shape index (κ2) is 4.40. The molecule has 0 spiro atoms. The fraction of sp³-hybridized carbons (Fsp3) is 0.200. The third kappa shape index (κ3) is 3.77. The zero-order chi connectivity index (χ0) is 13.3. The number of rotatable bonds is 2. The molecule has 1 N–H and O–H groups in total. The number of hydrogen-bond donors (Lipinski definition) is 1. The van der Waals surface area contributed by atoms with Crippen LogP contribution in [0.5, 0.6) is 0 Å². The monoisotopic (exact) mass is 266 g/mol. The summed E-state index contributed by atoms with van der Waals surface area (Å²) in [6.07, 6.45) is -3.88. The molecule has 0 saturated carbocycles. The van der Waals surface area contributed by atoms with Crippen molar-refractivity contribution in [1.82, 2.24) is 0 Å². The van der Waals surface area contributed by atoms with Gasteiger partial charge in [-0.15, -0.1) is 0 Å². The summed E-state index contributed by atoms with van der Waals surface area (Å²) in [4.78, 5) is 0. The molecular weight excluding hydrogens is 257 g/mol. The number of sulfone groups is 1. The van der Waals surface area contributed by atoms with Crippen LogP contribution in [0.4, 0.5) is 13.2 Å². The van der Waals surface area contributed by atoms with E-state index in [-0.39, 0.29) is 0 Å². The molecule has 0 atom stereocenters. The predicted molar refractivity (Wildman–Crippen MR) is 56.9 cm³/mol. The third-order valence-electron chi connectivity index (χ3n) is 1.83. The van der Waals surface area contributed by atoms with Crippen molar-refractivity contribution >= 4 is 15.6 Å². The van der Waals surface area contributed by atoms with Crippen LogP contribution >= 0.6 is 0 Å². The molecule has 0 heterocycles. The Morgan fingerprint density at radius 1 is 1.29 bits per heavy atom. The lowest BCUT2D eigenvalue weighted by atomic mass is 10.1. The highest BCUT2D eigenvalue weighted by molar-refractivity contribution is 7.93. The van der Waals surface area contributed by atoms with Crippen LogP contribution in [0, 0.1) is 0 Å². The van der Waals surface area contributed by atoms with Crippen LogP contribution in [0.2, 0.25) is 0 Å². The Labute approximate surface area is 96.1 Å². The first-order valence-corrected chi connectivity index (χ1v) is 6.34. The van der Waals surface area contributed by atoms with Crippen LogP contribution in [0.3, 0.4) is 0 Å². The SMILES string of the molecule is CS(=O)(=O)/C=C(\O)c1ccccc1C(F)(F)F. The van der Waals surface area contributed by atoms with Gasteiger partial charge in [-0.1, -0.05) is 18.2 Å². The van der Waals surface area contributed by atoms with Gasteiger partial charge in [-0.25, -0.2) is 8.42 Å². The van der Waals surface area contributed by atoms with Crippen LogP contribution < -0.4 is 0 Å². The van der Waals surface area contributed by atoms with E-state index < -0.39 is 32.9 Å². The average Bonchev–Trinajstić information content (AvgIpc) is 2.13. The molecule has 0 amide bonds. The van der Waals surface area contributed by atoms with Gasteiger partial charge in [0.15, 0.2) is 9.84 Å². The summed E-state index contributed by atoms with van der Waals surface area (Å²) in [5, 5.41) is 9.77. The number of hydrogen-bond acceptors (Lipinski definition) is 3. The Morgan fingerprint density at radius 3 is 2.29 bits per heavy atom. The average molecular weight is 266 g/mol. The van der Waals surface area contributed by atoms with E-state index in [0.717, 1.165) is 24.5 Å². The Kier molecular flexibility index (Phi) is 3.51. The summed E-state index contributed by atoms with van der Waals surface area (Å²) in [6, 6.07) is 4.19. The van der Waals surface area contributed by atoms with Crippen LogP contribution in [0.25, 0.3) is 5.76 Å². The fourth-order valence-electron chi connectivity index (χ4n) is 1.22. The topological polar surface area (TPSA) is 54.4 Å². The number of aliphatic hydroxyl groups is 1. The predicted octanol–water partition coefficient (Wildman–Crippen LogP) is 2.61. The van der Waals surface area contributed by atoms with E-state index in [1.54, 1.807) is 0 Å². The fourth-order valence-corrected chi connectivity index (χ4v) is 1.75. The highest BCUT2D eigenvalue weighted by atomic mass is 32.2. The summed E-state index contributed by atoms with van der Waals surface area (Å²) >= 11 is 0. The summed E-state index contributed by atoms with van der Waals surface area (Å²) < 4.78 is 59.4. The van der Waals surface area contributed by atoms with Crippen molar-refractivity contribution in [2.24, 2.45) is 0 Å². The van der Waals surface area contributed by atoms with Gasteiger partial charge in [-0.3, -0.25) is 0 Å². The lowest BCUT2D eigenvalue weighted by Gasteiger charge is -2.11. The Bertz CT molecular complexity index is 544. The van der Waals surface area contributed by atoms with Gasteiger partial charge in [0.1, 0.15) is 5.76 Å². The lowest BCUT2D eigenvalue weighted by molar-refractivity contribution is -0.137. The molecular formula is C10H9F3O3S. The smallest absolute Gasteiger partial charge is 0.417 e. The number of aliphatic hydroxyl groups excluding tert-OH is 1. The van der Waals surface area contributed by atoms with E-state index in [1.807, 2.05) is 0 Å². The summed E-state index contributed by atoms with van der Waals surface area (Å²) in [5.74, 6) is -0.930. The molecule has 0 aliphatic heterocycles. The highest BCUT2D eigenvalue weighted by Gasteiger charge is 2.34. The Balaban J connectivity index is 3.39. The molecule has 94 valence electrons. The van der Waals surface area contributed by atoms with Crippen LogP contribution in [0.15, 0.2) is 29.7 Å². The van der Waals surface area contributed by atoms with Crippen LogP contribution in [-0.4, -0.2) is 19.8 Å². The first-order chi connectivity index (χ1) is 7.61. The van der Waals surface area contributed by atoms with Gasteiger partial charge in [0.25, 0.3) is 0 Å². The maximum atomic E-state index is 12.6. The summed E-state index contributed by atoms with van der Waals surface area (Å²) in [6.45, 7) is 0. The van der Waals surface area contributed by atoms with Gasteiger partial charge < -0.3 is 5.11 Å². The largest absolute Gasteiger partial charge is 0.507 e. The summed E-state index contributed by atoms with van der Waals surface area (Å²) in [7, 11) is -3.71. The Morgan fingerprint density at radius 2 is 1.82 bits per heavy atom. The van der Waals surface area contributed by atoms with Crippen molar-refractivity contribution in [3.8, 4) is 0 Å². The zero-order valence-electron chi connectivity index (χ0n) is 8.69. The van der Waals surface area contributed by atoms with Crippen molar-refractivity contribution < 1.29 is 26.7 Å². The van der Waals surface area contributed by atoms with E-state index >= 15 is 0 Å². The molecule has 17 heavy (non-hydrogen) atoms. The van der Waals surface area contributed by atoms with E-state index in [0.29, 0.717) is 5.41 Å². The van der Waals surface area contributed by atoms with Crippen molar-refractivity contribution in [2.45, 2.75) is 6.18 Å². The van der Waals surface area contributed by atoms with Gasteiger partial charge in [0, 0.05) is 11.8 Å². The minimum absolute atomic E-state index is 0.386. The van der Waals surface area contributed by atoms with Crippen molar-refractivity contribution in [3.63, 3.8) is 0 Å². The molecule has 1 rings (SSSR count). The molecule has 1 aromatic carbocycles. The first kappa shape index (κ1) is 13.6. The molecule has 7 heteroatoms. The zero-order valence-corrected chi connectivity index (χ0v) is 9.51. The van der Waals surface area contributed by atoms with Gasteiger partial charge in [0.05, 0.1) is 11.0 Å². The van der Waals surface area contributed by atoms with Gasteiger partial charge in [0.2, 0.25) is 0 Å². The molecule has 0 fully saturated rings. The molecule has 0 aromatic heterocycles. The van der Waals surface area contributed by atoms with Crippen LogP contribution in [0.1, 0.15) is 11.1 Å². The van der Waals surface area contributed by atoms with E-state index in [1.165, 1.54) is 6.07 Å². The van der Waals surface area contributed by atoms with Crippen molar-refractivity contribution in [1.29, 1.82) is 0 Å². The number of alkyl halides is 3. The molecule has 0 unspecified atom stereocenters. The number of benzene rings is 1.